The van der Waals surface area contributed by atoms with Gasteiger partial charge in [0, 0.05) is 12.9 Å². The van der Waals surface area contributed by atoms with Crippen molar-refractivity contribution < 1.29 is 43.7 Å². The van der Waals surface area contributed by atoms with Crippen LogP contribution in [0.25, 0.3) is 0 Å². The molecule has 0 aliphatic heterocycles. The van der Waals surface area contributed by atoms with Gasteiger partial charge in [0.1, 0.15) is 6.61 Å². The van der Waals surface area contributed by atoms with E-state index in [4.69, 9.17) is 68.1 Å². The second kappa shape index (κ2) is 22.3. The van der Waals surface area contributed by atoms with Crippen molar-refractivity contribution in [1.82, 2.24) is 0 Å². The molecule has 0 fully saturated rings. The maximum Gasteiger partial charge on any atom is 0.329 e. The summed E-state index contributed by atoms with van der Waals surface area (Å²) in [4.78, 5) is 65.0. The molecule has 0 aliphatic carbocycles. The van der Waals surface area contributed by atoms with Crippen LogP contribution in [0.1, 0.15) is 41.4 Å². The van der Waals surface area contributed by atoms with E-state index in [9.17, 15) is 28.8 Å². The van der Waals surface area contributed by atoms with E-state index in [0.29, 0.717) is 38.5 Å². The molecule has 11 nitrogen and oxygen atoms in total. The lowest BCUT2D eigenvalue weighted by atomic mass is 10.1. The average Bonchev–Trinajstić information content (AvgIpc) is 2.88. The summed E-state index contributed by atoms with van der Waals surface area (Å²) in [6, 6.07) is 0. The van der Waals surface area contributed by atoms with Gasteiger partial charge in [0.2, 0.25) is 0 Å². The highest BCUT2D eigenvalue weighted by molar-refractivity contribution is 14.1. The number of anilines is 2. The Labute approximate surface area is 355 Å². The van der Waals surface area contributed by atoms with E-state index in [-0.39, 0.29) is 41.2 Å². The summed E-state index contributed by atoms with van der Waals surface area (Å²) < 4.78 is 7.67. The van der Waals surface area contributed by atoms with Crippen LogP contribution in [0.3, 0.4) is 0 Å². The van der Waals surface area contributed by atoms with Gasteiger partial charge in [-0.3, -0.25) is 24.0 Å². The Hall–Kier alpha value is 1.51. The minimum atomic E-state index is -1.02. The summed E-state index contributed by atoms with van der Waals surface area (Å²) in [5.41, 5.74) is 13.2. The predicted molar refractivity (Wildman–Crippen MR) is 222 cm³/mol. The Kier molecular flexibility index (Phi) is 23.0. The largest absolute Gasteiger partial charge is 0.481 e. The Balaban J connectivity index is 0.000000639. The number of benzene rings is 2. The lowest BCUT2D eigenvalue weighted by Crippen LogP contribution is -2.11. The molecule has 0 radical (unpaired) electrons. The summed E-state index contributed by atoms with van der Waals surface area (Å²) in [6.45, 7) is -0.0577. The Bertz CT molecular complexity index is 1310. The van der Waals surface area contributed by atoms with Crippen molar-refractivity contribution in [2.75, 3.05) is 36.2 Å². The molecular formula is C22H14Cl4I6N2O9S. The number of ether oxygens (including phenoxy) is 1. The molecule has 6 N–H and O–H groups in total. The SMILES string of the molecule is Nc1c(I)c(C(=O)Cl)c(I)c(C(=O)Cl)c1I.Nc1c(I)c(C(=O)Cl)c(I)c(C(=O)Cl)c1I.O=C(O)COCCSCC(=O)O. The van der Waals surface area contributed by atoms with Crippen molar-refractivity contribution in [2.45, 2.75) is 0 Å². The first-order chi connectivity index (χ1) is 20.2. The molecule has 0 unspecified atom stereocenters. The minimum absolute atomic E-state index is 0.0242. The van der Waals surface area contributed by atoms with E-state index in [1.54, 1.807) is 0 Å². The van der Waals surface area contributed by atoms with Gasteiger partial charge in [-0.05, 0) is 182 Å². The van der Waals surface area contributed by atoms with Crippen LogP contribution in [0.2, 0.25) is 0 Å². The number of carbonyl (C=O) groups excluding carboxylic acids is 4. The van der Waals surface area contributed by atoms with E-state index in [0.717, 1.165) is 0 Å². The molecule has 2 aromatic carbocycles. The number of aliphatic carboxylic acids is 2. The number of halogens is 10. The first kappa shape index (κ1) is 45.5. The molecule has 0 spiro atoms. The van der Waals surface area contributed by atoms with Gasteiger partial charge in [0.05, 0.1) is 60.3 Å². The third-order valence-electron chi connectivity index (χ3n) is 4.31. The van der Waals surface area contributed by atoms with Crippen molar-refractivity contribution in [3.63, 3.8) is 0 Å². The number of nitrogens with two attached hydrogens (primary N) is 2. The smallest absolute Gasteiger partial charge is 0.329 e. The van der Waals surface area contributed by atoms with E-state index in [1.165, 1.54) is 11.8 Å². The number of hydrogen-bond donors (Lipinski definition) is 4. The normalized spacial score (nSPS) is 10.1. The summed E-state index contributed by atoms with van der Waals surface area (Å²) >= 11 is 34.4. The Morgan fingerprint density at radius 1 is 0.591 bits per heavy atom. The van der Waals surface area contributed by atoms with Crippen LogP contribution in [0.4, 0.5) is 11.4 Å². The van der Waals surface area contributed by atoms with Crippen LogP contribution < -0.4 is 11.5 Å². The number of carboxylic acid groups (broad SMARTS) is 2. The molecule has 44 heavy (non-hydrogen) atoms. The van der Waals surface area contributed by atoms with Gasteiger partial charge in [-0.2, -0.15) is 0 Å². The number of carbonyl (C=O) groups is 6. The zero-order valence-electron chi connectivity index (χ0n) is 20.9. The number of rotatable bonds is 11. The second-order valence-electron chi connectivity index (χ2n) is 7.20. The van der Waals surface area contributed by atoms with Crippen molar-refractivity contribution in [3.8, 4) is 0 Å². The molecule has 22 heteroatoms. The lowest BCUT2D eigenvalue weighted by Gasteiger charge is -2.12. The molecule has 0 saturated heterocycles. The molecule has 0 heterocycles. The molecule has 2 rings (SSSR count). The monoisotopic (exact) mass is 1380 g/mol. The van der Waals surface area contributed by atoms with E-state index < -0.39 is 32.9 Å². The number of nitrogen functional groups attached to an aromatic ring is 2. The minimum Gasteiger partial charge on any atom is -0.481 e. The number of thioether (sulfide) groups is 1. The van der Waals surface area contributed by atoms with Crippen LogP contribution in [-0.4, -0.2) is 67.8 Å². The molecule has 0 aromatic heterocycles. The summed E-state index contributed by atoms with van der Waals surface area (Å²) in [6.07, 6.45) is 0. The van der Waals surface area contributed by atoms with Gasteiger partial charge in [0.15, 0.2) is 0 Å². The molecule has 0 aliphatic rings. The number of hydrogen-bond acceptors (Lipinski definition) is 10. The molecule has 0 saturated carbocycles. The third kappa shape index (κ3) is 14.2. The Morgan fingerprint density at radius 3 is 1.11 bits per heavy atom. The van der Waals surface area contributed by atoms with Gasteiger partial charge in [-0.15, -0.1) is 11.8 Å². The van der Waals surface area contributed by atoms with Gasteiger partial charge in [0.25, 0.3) is 21.0 Å². The average molecular weight is 1390 g/mol. The van der Waals surface area contributed by atoms with E-state index in [1.807, 2.05) is 136 Å². The molecular weight excluding hydrogens is 1370 g/mol. The van der Waals surface area contributed by atoms with Gasteiger partial charge >= 0.3 is 11.9 Å². The van der Waals surface area contributed by atoms with Crippen molar-refractivity contribution in [2.24, 2.45) is 0 Å². The molecule has 2 aromatic rings. The first-order valence-corrected chi connectivity index (χ1v) is 19.6. The molecule has 0 atom stereocenters. The number of carboxylic acids is 2. The van der Waals surface area contributed by atoms with Crippen molar-refractivity contribution in [3.05, 3.63) is 43.7 Å². The zero-order valence-corrected chi connectivity index (χ0v) is 37.7. The van der Waals surface area contributed by atoms with Gasteiger partial charge < -0.3 is 26.4 Å². The fraction of sp³-hybridized carbons (Fsp3) is 0.182. The summed E-state index contributed by atoms with van der Waals surface area (Å²) in [5, 5.41) is 13.7. The fourth-order valence-electron chi connectivity index (χ4n) is 2.49. The quantitative estimate of drug-likeness (QED) is 0.0744. The molecule has 0 amide bonds. The molecule has 242 valence electrons. The van der Waals surface area contributed by atoms with Crippen LogP contribution in [0.5, 0.6) is 0 Å². The second-order valence-corrected chi connectivity index (χ2v) is 16.1. The lowest BCUT2D eigenvalue weighted by molar-refractivity contribution is -0.142. The maximum absolute atomic E-state index is 11.3. The van der Waals surface area contributed by atoms with E-state index in [2.05, 4.69) is 4.74 Å². The fourth-order valence-corrected chi connectivity index (χ4v) is 13.4. The highest BCUT2D eigenvalue weighted by Gasteiger charge is 2.26. The van der Waals surface area contributed by atoms with E-state index >= 15 is 0 Å². The summed E-state index contributed by atoms with van der Waals surface area (Å²) in [7, 11) is 0. The predicted octanol–water partition coefficient (Wildman–Crippen LogP) is 7.59. The Morgan fingerprint density at radius 2 is 0.886 bits per heavy atom. The van der Waals surface area contributed by atoms with Crippen LogP contribution in [0, 0.1) is 21.4 Å². The summed E-state index contributed by atoms with van der Waals surface area (Å²) in [5.74, 6) is -1.37. The topological polar surface area (TPSA) is 204 Å². The third-order valence-corrected chi connectivity index (χ3v) is 12.6. The van der Waals surface area contributed by atoms with Gasteiger partial charge in [-0.25, -0.2) is 4.79 Å². The first-order valence-electron chi connectivity index (χ1n) is 10.5. The van der Waals surface area contributed by atoms with Crippen LogP contribution in [-0.2, 0) is 14.3 Å². The van der Waals surface area contributed by atoms with Gasteiger partial charge in [-0.1, -0.05) is 0 Å². The van der Waals surface area contributed by atoms with Crippen LogP contribution >= 0.6 is 194 Å². The molecule has 0 bridgehead atoms. The standard InChI is InChI=1S/2C8H2Cl2I3NO2.C6H10O5S/c2*9-7(15)1-3(11)2(8(10)16)5(13)6(14)4(1)12;7-5(8)3-11-1-2-12-4-6(9)10/h2*14H2;1-4H2,(H,7,8)(H,9,10). The zero-order chi connectivity index (χ0) is 34.6. The van der Waals surface area contributed by atoms with Crippen LogP contribution in [0.15, 0.2) is 0 Å². The highest BCUT2D eigenvalue weighted by Crippen LogP contribution is 2.36. The highest BCUT2D eigenvalue weighted by atomic mass is 127. The van der Waals surface area contributed by atoms with Crippen molar-refractivity contribution >= 4 is 238 Å². The maximum atomic E-state index is 11.3. The van der Waals surface area contributed by atoms with Crippen molar-refractivity contribution in [1.29, 1.82) is 0 Å².